The van der Waals surface area contributed by atoms with Crippen LogP contribution < -0.4 is 5.32 Å². The molecule has 0 saturated heterocycles. The Morgan fingerprint density at radius 3 is 2.61 bits per heavy atom. The van der Waals surface area contributed by atoms with Gasteiger partial charge >= 0.3 is 0 Å². The van der Waals surface area contributed by atoms with Crippen LogP contribution in [0.1, 0.15) is 10.4 Å². The van der Waals surface area contributed by atoms with Crippen molar-refractivity contribution in [3.8, 4) is 0 Å². The summed E-state index contributed by atoms with van der Waals surface area (Å²) in [5, 5.41) is 2.83. The Bertz CT molecular complexity index is 602. The molecule has 0 bridgehead atoms. The van der Waals surface area contributed by atoms with Gasteiger partial charge < -0.3 is 5.32 Å². The molecule has 1 aromatic heterocycles. The second kappa shape index (κ2) is 5.95. The number of halogens is 3. The summed E-state index contributed by atoms with van der Waals surface area (Å²) in [4.78, 5) is 16.0. The van der Waals surface area contributed by atoms with E-state index in [-0.39, 0.29) is 5.91 Å². The molecule has 6 heteroatoms. The van der Waals surface area contributed by atoms with Gasteiger partial charge in [-0.2, -0.15) is 0 Å². The standard InChI is InChI=1S/C12H7Br3N2O/c13-8-1-2-9(14)10(6-8)17-12(18)7-3-4-16-11(15)5-7/h1-6H,(H,17,18). The minimum atomic E-state index is -0.183. The molecule has 0 spiro atoms. The van der Waals surface area contributed by atoms with Gasteiger partial charge in [0.2, 0.25) is 0 Å². The first-order valence-corrected chi connectivity index (χ1v) is 7.32. The maximum Gasteiger partial charge on any atom is 0.255 e. The van der Waals surface area contributed by atoms with E-state index in [1.54, 1.807) is 18.3 Å². The lowest BCUT2D eigenvalue weighted by atomic mass is 10.2. The second-order valence-electron chi connectivity index (χ2n) is 3.45. The average molecular weight is 435 g/mol. The number of carbonyl (C=O) groups is 1. The third-order valence-electron chi connectivity index (χ3n) is 2.17. The molecule has 0 fully saturated rings. The lowest BCUT2D eigenvalue weighted by Gasteiger charge is -2.08. The van der Waals surface area contributed by atoms with Gasteiger partial charge in [-0.3, -0.25) is 4.79 Å². The van der Waals surface area contributed by atoms with E-state index in [0.29, 0.717) is 15.9 Å². The number of amides is 1. The third kappa shape index (κ3) is 3.40. The minimum Gasteiger partial charge on any atom is -0.321 e. The second-order valence-corrected chi connectivity index (χ2v) is 6.03. The number of rotatable bonds is 2. The Balaban J connectivity index is 2.24. The van der Waals surface area contributed by atoms with E-state index in [4.69, 9.17) is 0 Å². The van der Waals surface area contributed by atoms with Crippen LogP contribution >= 0.6 is 47.8 Å². The molecule has 0 atom stereocenters. The highest BCUT2D eigenvalue weighted by molar-refractivity contribution is 9.11. The Labute approximate surface area is 129 Å². The molecular weight excluding hydrogens is 428 g/mol. The van der Waals surface area contributed by atoms with Crippen molar-refractivity contribution in [3.05, 3.63) is 55.6 Å². The van der Waals surface area contributed by atoms with Crippen LogP contribution in [0.2, 0.25) is 0 Å². The number of benzene rings is 1. The molecule has 0 radical (unpaired) electrons. The summed E-state index contributed by atoms with van der Waals surface area (Å²) in [7, 11) is 0. The molecule has 1 aromatic carbocycles. The van der Waals surface area contributed by atoms with Gasteiger partial charge in [-0.25, -0.2) is 4.98 Å². The Kier molecular flexibility index (Phi) is 4.53. The summed E-state index contributed by atoms with van der Waals surface area (Å²) < 4.78 is 2.35. The predicted molar refractivity (Wildman–Crippen MR) is 81.7 cm³/mol. The zero-order valence-electron chi connectivity index (χ0n) is 8.95. The van der Waals surface area contributed by atoms with E-state index >= 15 is 0 Å². The third-order valence-corrected chi connectivity index (χ3v) is 3.78. The van der Waals surface area contributed by atoms with E-state index in [1.165, 1.54) is 0 Å². The van der Waals surface area contributed by atoms with Crippen molar-refractivity contribution in [2.45, 2.75) is 0 Å². The summed E-state index contributed by atoms with van der Waals surface area (Å²) in [5.41, 5.74) is 1.26. The van der Waals surface area contributed by atoms with Gasteiger partial charge in [-0.15, -0.1) is 0 Å². The summed E-state index contributed by atoms with van der Waals surface area (Å²) in [5.74, 6) is -0.183. The van der Waals surface area contributed by atoms with E-state index < -0.39 is 0 Å². The summed E-state index contributed by atoms with van der Waals surface area (Å²) in [6.45, 7) is 0. The Morgan fingerprint density at radius 1 is 1.11 bits per heavy atom. The van der Waals surface area contributed by atoms with Crippen LogP contribution in [-0.4, -0.2) is 10.9 Å². The monoisotopic (exact) mass is 432 g/mol. The molecule has 92 valence electrons. The highest BCUT2D eigenvalue weighted by atomic mass is 79.9. The zero-order chi connectivity index (χ0) is 13.1. The first-order chi connectivity index (χ1) is 8.56. The lowest BCUT2D eigenvalue weighted by Crippen LogP contribution is -2.12. The highest BCUT2D eigenvalue weighted by Gasteiger charge is 2.09. The van der Waals surface area contributed by atoms with Crippen molar-refractivity contribution >= 4 is 59.4 Å². The molecule has 0 saturated carbocycles. The summed E-state index contributed by atoms with van der Waals surface area (Å²) in [6, 6.07) is 8.91. The van der Waals surface area contributed by atoms with Crippen molar-refractivity contribution in [1.82, 2.24) is 4.98 Å². The molecule has 0 unspecified atom stereocenters. The molecule has 1 heterocycles. The van der Waals surface area contributed by atoms with Crippen LogP contribution in [0, 0.1) is 0 Å². The normalized spacial score (nSPS) is 10.2. The minimum absolute atomic E-state index is 0.183. The van der Waals surface area contributed by atoms with Crippen molar-refractivity contribution in [2.24, 2.45) is 0 Å². The van der Waals surface area contributed by atoms with Crippen LogP contribution in [0.5, 0.6) is 0 Å². The molecule has 0 aliphatic rings. The lowest BCUT2D eigenvalue weighted by molar-refractivity contribution is 0.102. The molecule has 0 aliphatic carbocycles. The van der Waals surface area contributed by atoms with Gasteiger partial charge in [-0.1, -0.05) is 15.9 Å². The van der Waals surface area contributed by atoms with E-state index in [9.17, 15) is 4.79 Å². The fourth-order valence-corrected chi connectivity index (χ4v) is 2.40. The molecule has 2 aromatic rings. The number of anilines is 1. The van der Waals surface area contributed by atoms with Gasteiger partial charge in [0, 0.05) is 20.7 Å². The van der Waals surface area contributed by atoms with Crippen LogP contribution in [-0.2, 0) is 0 Å². The molecule has 18 heavy (non-hydrogen) atoms. The Hall–Kier alpha value is -0.720. The molecule has 0 aliphatic heterocycles. The quantitative estimate of drug-likeness (QED) is 0.701. The van der Waals surface area contributed by atoms with E-state index in [1.807, 2.05) is 18.2 Å². The van der Waals surface area contributed by atoms with Gasteiger partial charge in [-0.05, 0) is 62.2 Å². The average Bonchev–Trinajstić information content (AvgIpc) is 2.34. The molecule has 1 N–H and O–H groups in total. The summed E-state index contributed by atoms with van der Waals surface area (Å²) >= 11 is 9.99. The fourth-order valence-electron chi connectivity index (χ4n) is 1.33. The van der Waals surface area contributed by atoms with Crippen LogP contribution in [0.3, 0.4) is 0 Å². The smallest absolute Gasteiger partial charge is 0.255 e. The number of nitrogens with zero attached hydrogens (tertiary/aromatic N) is 1. The van der Waals surface area contributed by atoms with E-state index in [2.05, 4.69) is 58.1 Å². The van der Waals surface area contributed by atoms with Crippen molar-refractivity contribution in [2.75, 3.05) is 5.32 Å². The number of carbonyl (C=O) groups excluding carboxylic acids is 1. The zero-order valence-corrected chi connectivity index (χ0v) is 13.7. The first-order valence-electron chi connectivity index (χ1n) is 4.94. The van der Waals surface area contributed by atoms with Crippen LogP contribution in [0.25, 0.3) is 0 Å². The number of hydrogen-bond acceptors (Lipinski definition) is 2. The molecule has 3 nitrogen and oxygen atoms in total. The van der Waals surface area contributed by atoms with E-state index in [0.717, 1.165) is 8.95 Å². The molecule has 1 amide bonds. The SMILES string of the molecule is O=C(Nc1cc(Br)ccc1Br)c1ccnc(Br)c1. The van der Waals surface area contributed by atoms with Crippen molar-refractivity contribution < 1.29 is 4.79 Å². The fraction of sp³-hybridized carbons (Fsp3) is 0. The van der Waals surface area contributed by atoms with Gasteiger partial charge in [0.1, 0.15) is 4.60 Å². The number of aromatic nitrogens is 1. The molecular formula is C12H7Br3N2O. The number of nitrogens with one attached hydrogen (secondary N) is 1. The highest BCUT2D eigenvalue weighted by Crippen LogP contribution is 2.26. The first kappa shape index (κ1) is 13.7. The Morgan fingerprint density at radius 2 is 1.89 bits per heavy atom. The van der Waals surface area contributed by atoms with Crippen LogP contribution in [0.15, 0.2) is 50.1 Å². The number of pyridine rings is 1. The summed E-state index contributed by atoms with van der Waals surface area (Å²) in [6.07, 6.45) is 1.58. The van der Waals surface area contributed by atoms with Crippen molar-refractivity contribution in [3.63, 3.8) is 0 Å². The van der Waals surface area contributed by atoms with Crippen LogP contribution in [0.4, 0.5) is 5.69 Å². The topological polar surface area (TPSA) is 42.0 Å². The molecule has 2 rings (SSSR count). The van der Waals surface area contributed by atoms with Crippen molar-refractivity contribution in [1.29, 1.82) is 0 Å². The maximum atomic E-state index is 12.0. The largest absolute Gasteiger partial charge is 0.321 e. The van der Waals surface area contributed by atoms with Gasteiger partial charge in [0.15, 0.2) is 0 Å². The number of hydrogen-bond donors (Lipinski definition) is 1. The van der Waals surface area contributed by atoms with Gasteiger partial charge in [0.05, 0.1) is 5.69 Å². The predicted octanol–water partition coefficient (Wildman–Crippen LogP) is 4.62. The van der Waals surface area contributed by atoms with Gasteiger partial charge in [0.25, 0.3) is 5.91 Å². The maximum absolute atomic E-state index is 12.0.